The molecular weight excluding hydrogens is 268 g/mol. The number of para-hydroxylation sites is 1. The highest BCUT2D eigenvalue weighted by atomic mass is 32.2. The molecule has 0 saturated carbocycles. The molecule has 0 bridgehead atoms. The molecule has 2 rings (SSSR count). The van der Waals surface area contributed by atoms with Crippen LogP contribution in [-0.2, 0) is 4.79 Å². The monoisotopic (exact) mass is 288 g/mol. The van der Waals surface area contributed by atoms with Gasteiger partial charge in [0.25, 0.3) is 0 Å². The van der Waals surface area contributed by atoms with Gasteiger partial charge in [0.15, 0.2) is 0 Å². The fourth-order valence-electron chi connectivity index (χ4n) is 1.82. The van der Waals surface area contributed by atoms with Crippen LogP contribution in [0.2, 0.25) is 0 Å². The van der Waals surface area contributed by atoms with Gasteiger partial charge in [-0.15, -0.1) is 0 Å². The Bertz CT molecular complexity index is 619. The maximum atomic E-state index is 12.1. The van der Waals surface area contributed by atoms with Gasteiger partial charge < -0.3 is 5.32 Å². The van der Waals surface area contributed by atoms with E-state index in [1.807, 2.05) is 64.1 Å². The van der Waals surface area contributed by atoms with E-state index in [0.717, 1.165) is 15.9 Å². The molecule has 1 atom stereocenters. The first kappa shape index (κ1) is 14.9. The van der Waals surface area contributed by atoms with Gasteiger partial charge in [-0.1, -0.05) is 36.0 Å². The summed E-state index contributed by atoms with van der Waals surface area (Å²) in [7, 11) is 0. The van der Waals surface area contributed by atoms with E-state index in [1.165, 1.54) is 11.8 Å². The second kappa shape index (κ2) is 5.83. The largest absolute Gasteiger partial charge is 0.351 e. The number of hydrogen-bond donors (Lipinski definition) is 1. The van der Waals surface area contributed by atoms with Crippen molar-refractivity contribution in [2.45, 2.75) is 43.5 Å². The molecule has 1 aromatic carbocycles. The number of pyridine rings is 1. The summed E-state index contributed by atoms with van der Waals surface area (Å²) in [5.74, 6) is 0.0393. The minimum absolute atomic E-state index is 0.0393. The van der Waals surface area contributed by atoms with Crippen molar-refractivity contribution in [3.63, 3.8) is 0 Å². The summed E-state index contributed by atoms with van der Waals surface area (Å²) in [5, 5.41) is 4.81. The minimum Gasteiger partial charge on any atom is -0.351 e. The molecule has 1 amide bonds. The molecule has 3 nitrogen and oxygen atoms in total. The number of nitrogens with zero attached hydrogens (tertiary/aromatic N) is 1. The second-order valence-electron chi connectivity index (χ2n) is 5.84. The first-order valence-corrected chi connectivity index (χ1v) is 7.57. The Morgan fingerprint density at radius 2 is 1.90 bits per heavy atom. The normalized spacial score (nSPS) is 13.2. The summed E-state index contributed by atoms with van der Waals surface area (Å²) >= 11 is 1.48. The van der Waals surface area contributed by atoms with E-state index in [-0.39, 0.29) is 16.7 Å². The molecule has 0 saturated heterocycles. The van der Waals surface area contributed by atoms with Crippen LogP contribution < -0.4 is 5.32 Å². The average Bonchev–Trinajstić information content (AvgIpc) is 2.36. The maximum absolute atomic E-state index is 12.1. The number of nitrogens with one attached hydrogen (secondary N) is 1. The maximum Gasteiger partial charge on any atom is 0.233 e. The SMILES string of the molecule is C[C@@H](Sc1ccc2ccccc2n1)C(=O)NC(C)(C)C. The van der Waals surface area contributed by atoms with Crippen LogP contribution in [-0.4, -0.2) is 21.7 Å². The van der Waals surface area contributed by atoms with E-state index in [0.29, 0.717) is 0 Å². The summed E-state index contributed by atoms with van der Waals surface area (Å²) in [6.07, 6.45) is 0. The number of amides is 1. The molecule has 0 unspecified atom stereocenters. The molecule has 2 aromatic rings. The zero-order chi connectivity index (χ0) is 14.8. The fourth-order valence-corrected chi connectivity index (χ4v) is 2.64. The van der Waals surface area contributed by atoms with Crippen LogP contribution >= 0.6 is 11.8 Å². The van der Waals surface area contributed by atoms with Gasteiger partial charge in [0, 0.05) is 10.9 Å². The Morgan fingerprint density at radius 3 is 2.60 bits per heavy atom. The molecule has 0 aliphatic rings. The first-order chi connectivity index (χ1) is 9.35. The van der Waals surface area contributed by atoms with Crippen molar-refractivity contribution >= 4 is 28.6 Å². The summed E-state index contributed by atoms with van der Waals surface area (Å²) in [6.45, 7) is 7.85. The van der Waals surface area contributed by atoms with Crippen LogP contribution in [0.25, 0.3) is 10.9 Å². The second-order valence-corrected chi connectivity index (χ2v) is 7.20. The highest BCUT2D eigenvalue weighted by molar-refractivity contribution is 8.00. The summed E-state index contributed by atoms with van der Waals surface area (Å²) in [4.78, 5) is 16.6. The third-order valence-electron chi connectivity index (χ3n) is 2.74. The number of rotatable bonds is 3. The Hall–Kier alpha value is -1.55. The van der Waals surface area contributed by atoms with Crippen molar-refractivity contribution in [3.05, 3.63) is 36.4 Å². The highest BCUT2D eigenvalue weighted by Gasteiger charge is 2.20. The van der Waals surface area contributed by atoms with Crippen molar-refractivity contribution in [1.82, 2.24) is 10.3 Å². The van der Waals surface area contributed by atoms with Gasteiger partial charge in [0.1, 0.15) is 0 Å². The van der Waals surface area contributed by atoms with Gasteiger partial charge in [0.2, 0.25) is 5.91 Å². The van der Waals surface area contributed by atoms with E-state index in [4.69, 9.17) is 0 Å². The quantitative estimate of drug-likeness (QED) is 0.877. The number of hydrogen-bond acceptors (Lipinski definition) is 3. The number of thioether (sulfide) groups is 1. The number of fused-ring (bicyclic) bond motifs is 1. The van der Waals surface area contributed by atoms with E-state index < -0.39 is 0 Å². The Morgan fingerprint density at radius 1 is 1.20 bits per heavy atom. The fraction of sp³-hybridized carbons (Fsp3) is 0.375. The lowest BCUT2D eigenvalue weighted by molar-refractivity contribution is -0.121. The van der Waals surface area contributed by atoms with Crippen LogP contribution in [0.1, 0.15) is 27.7 Å². The van der Waals surface area contributed by atoms with Crippen LogP contribution in [0, 0.1) is 0 Å². The highest BCUT2D eigenvalue weighted by Crippen LogP contribution is 2.24. The number of carbonyl (C=O) groups is 1. The van der Waals surface area contributed by atoms with Crippen molar-refractivity contribution in [3.8, 4) is 0 Å². The first-order valence-electron chi connectivity index (χ1n) is 6.70. The molecule has 0 spiro atoms. The van der Waals surface area contributed by atoms with Crippen LogP contribution in [0.3, 0.4) is 0 Å². The molecule has 4 heteroatoms. The summed E-state index contributed by atoms with van der Waals surface area (Å²) in [6, 6.07) is 12.0. The molecule has 1 heterocycles. The zero-order valence-corrected chi connectivity index (χ0v) is 13.1. The van der Waals surface area contributed by atoms with E-state index in [1.54, 1.807) is 0 Å². The van der Waals surface area contributed by atoms with Crippen LogP contribution in [0.5, 0.6) is 0 Å². The van der Waals surface area contributed by atoms with Crippen molar-refractivity contribution < 1.29 is 4.79 Å². The molecule has 0 aliphatic heterocycles. The smallest absolute Gasteiger partial charge is 0.233 e. The van der Waals surface area contributed by atoms with Gasteiger partial charge >= 0.3 is 0 Å². The van der Waals surface area contributed by atoms with Gasteiger partial charge in [-0.2, -0.15) is 0 Å². The predicted octanol–water partition coefficient (Wildman–Crippen LogP) is 3.63. The molecule has 0 radical (unpaired) electrons. The van der Waals surface area contributed by atoms with Gasteiger partial charge in [-0.25, -0.2) is 4.98 Å². The average molecular weight is 288 g/mol. The van der Waals surface area contributed by atoms with Gasteiger partial charge in [-0.05, 0) is 39.8 Å². The minimum atomic E-state index is -0.206. The van der Waals surface area contributed by atoms with Crippen molar-refractivity contribution in [2.75, 3.05) is 0 Å². The van der Waals surface area contributed by atoms with Crippen LogP contribution in [0.4, 0.5) is 0 Å². The molecule has 0 fully saturated rings. The topological polar surface area (TPSA) is 42.0 Å². The zero-order valence-electron chi connectivity index (χ0n) is 12.3. The van der Waals surface area contributed by atoms with Crippen LogP contribution in [0.15, 0.2) is 41.4 Å². The lowest BCUT2D eigenvalue weighted by Gasteiger charge is -2.22. The number of benzene rings is 1. The van der Waals surface area contributed by atoms with Gasteiger partial charge in [0.05, 0.1) is 15.8 Å². The number of carbonyl (C=O) groups excluding carboxylic acids is 1. The molecule has 0 aliphatic carbocycles. The molecule has 20 heavy (non-hydrogen) atoms. The third-order valence-corrected chi connectivity index (χ3v) is 3.77. The molecule has 106 valence electrons. The van der Waals surface area contributed by atoms with Crippen molar-refractivity contribution in [1.29, 1.82) is 0 Å². The molecule has 1 aromatic heterocycles. The lowest BCUT2D eigenvalue weighted by atomic mass is 10.1. The number of aromatic nitrogens is 1. The Labute approximate surface area is 124 Å². The Kier molecular flexibility index (Phi) is 4.33. The predicted molar refractivity (Wildman–Crippen MR) is 85.0 cm³/mol. The van der Waals surface area contributed by atoms with E-state index in [9.17, 15) is 4.79 Å². The molecule has 1 N–H and O–H groups in total. The Balaban J connectivity index is 2.09. The van der Waals surface area contributed by atoms with Gasteiger partial charge in [-0.3, -0.25) is 4.79 Å². The summed E-state index contributed by atoms with van der Waals surface area (Å²) < 4.78 is 0. The van der Waals surface area contributed by atoms with Crippen molar-refractivity contribution in [2.24, 2.45) is 0 Å². The summed E-state index contributed by atoms with van der Waals surface area (Å²) in [5.41, 5.74) is 0.754. The van der Waals surface area contributed by atoms with E-state index in [2.05, 4.69) is 10.3 Å². The standard InChI is InChI=1S/C16H20N2OS/c1-11(15(19)18-16(2,3)4)20-14-10-9-12-7-5-6-8-13(12)17-14/h5-11H,1-4H3,(H,18,19)/t11-/m1/s1. The van der Waals surface area contributed by atoms with E-state index >= 15 is 0 Å². The lowest BCUT2D eigenvalue weighted by Crippen LogP contribution is -2.44. The third kappa shape index (κ3) is 3.97. The molecular formula is C16H20N2OS.